The van der Waals surface area contributed by atoms with Crippen molar-refractivity contribution in [2.75, 3.05) is 0 Å². The molecule has 3 atom stereocenters. The van der Waals surface area contributed by atoms with E-state index >= 15 is 0 Å². The van der Waals surface area contributed by atoms with Crippen LogP contribution in [0.5, 0.6) is 5.75 Å². The first-order chi connectivity index (χ1) is 14.7. The Morgan fingerprint density at radius 3 is 2.65 bits per heavy atom. The molecule has 2 aromatic rings. The number of fused-ring (bicyclic) bond motifs is 1. The summed E-state index contributed by atoms with van der Waals surface area (Å²) in [4.78, 5) is 24.4. The first kappa shape index (κ1) is 22.6. The van der Waals surface area contributed by atoms with Crippen LogP contribution in [0.3, 0.4) is 0 Å². The number of nitrogens with one attached hydrogen (secondary N) is 1. The van der Waals surface area contributed by atoms with Gasteiger partial charge in [0.1, 0.15) is 30.1 Å². The van der Waals surface area contributed by atoms with E-state index in [1.54, 1.807) is 18.2 Å². The minimum atomic E-state index is -0.934. The Morgan fingerprint density at radius 1 is 1.26 bits per heavy atom. The van der Waals surface area contributed by atoms with Crippen molar-refractivity contribution in [1.82, 2.24) is 5.32 Å². The maximum atomic E-state index is 12.7. The van der Waals surface area contributed by atoms with E-state index in [1.165, 1.54) is 6.92 Å². The smallest absolute Gasteiger partial charge is 0.408 e. The Kier molecular flexibility index (Phi) is 6.86. The number of alkyl halides is 1. The predicted octanol–water partition coefficient (Wildman–Crippen LogP) is 4.39. The first-order valence-corrected chi connectivity index (χ1v) is 10.7. The molecule has 0 saturated carbocycles. The summed E-state index contributed by atoms with van der Waals surface area (Å²) in [7, 11) is 0. The number of halogens is 1. The molecule has 2 aromatic carbocycles. The summed E-state index contributed by atoms with van der Waals surface area (Å²) in [5.74, 6) is -0.0856. The molecule has 0 spiro atoms. The van der Waals surface area contributed by atoms with E-state index in [2.05, 4.69) is 27.3 Å². The van der Waals surface area contributed by atoms with Gasteiger partial charge in [-0.15, -0.1) is 0 Å². The monoisotopic (exact) mass is 486 g/mol. The van der Waals surface area contributed by atoms with Crippen molar-refractivity contribution in [2.45, 2.75) is 50.0 Å². The fourth-order valence-corrected chi connectivity index (χ4v) is 3.63. The van der Waals surface area contributed by atoms with E-state index in [4.69, 9.17) is 14.2 Å². The summed E-state index contributed by atoms with van der Waals surface area (Å²) in [6.07, 6.45) is -1.42. The van der Waals surface area contributed by atoms with Gasteiger partial charge in [-0.2, -0.15) is 5.26 Å². The second-order valence-electron chi connectivity index (χ2n) is 7.76. The lowest BCUT2D eigenvalue weighted by Crippen LogP contribution is -2.48. The number of nitriles is 1. The molecule has 162 valence electrons. The average molecular weight is 487 g/mol. The summed E-state index contributed by atoms with van der Waals surface area (Å²) < 4.78 is 16.9. The number of hydrogen-bond donors (Lipinski definition) is 1. The van der Waals surface area contributed by atoms with Crippen molar-refractivity contribution in [1.29, 1.82) is 5.26 Å². The fourth-order valence-electron chi connectivity index (χ4n) is 3.15. The lowest BCUT2D eigenvalue weighted by molar-refractivity contribution is -0.154. The molecule has 3 rings (SSSR count). The van der Waals surface area contributed by atoms with E-state index in [9.17, 15) is 14.9 Å². The van der Waals surface area contributed by atoms with Crippen LogP contribution in [0.25, 0.3) is 0 Å². The van der Waals surface area contributed by atoms with E-state index in [-0.39, 0.29) is 11.4 Å². The number of carbonyl (C=O) groups is 2. The molecule has 0 fully saturated rings. The number of nitrogens with zero attached hydrogens (tertiary/aromatic N) is 1. The highest BCUT2D eigenvalue weighted by molar-refractivity contribution is 9.09. The quantitative estimate of drug-likeness (QED) is 0.496. The summed E-state index contributed by atoms with van der Waals surface area (Å²) in [5, 5.41) is 11.7. The molecule has 1 N–H and O–H groups in total. The van der Waals surface area contributed by atoms with Crippen LogP contribution in [0.1, 0.15) is 43.6 Å². The van der Waals surface area contributed by atoms with Crippen LogP contribution >= 0.6 is 15.9 Å². The minimum Gasteiger partial charge on any atom is -0.486 e. The summed E-state index contributed by atoms with van der Waals surface area (Å²) >= 11 is 3.57. The van der Waals surface area contributed by atoms with Crippen LogP contribution in [0.4, 0.5) is 4.79 Å². The average Bonchev–Trinajstić information content (AvgIpc) is 2.75. The van der Waals surface area contributed by atoms with Gasteiger partial charge in [-0.1, -0.05) is 46.3 Å². The SMILES string of the molecule is CC(NC(=O)OCc1ccccc1)C(=O)O[C@H]1c2cc(C#N)ccc2OC(C)(C)[C@@H]1Br. The van der Waals surface area contributed by atoms with Crippen molar-refractivity contribution in [3.05, 3.63) is 65.2 Å². The van der Waals surface area contributed by atoms with Crippen molar-refractivity contribution >= 4 is 28.0 Å². The van der Waals surface area contributed by atoms with Gasteiger partial charge in [-0.05, 0) is 44.5 Å². The van der Waals surface area contributed by atoms with Crippen molar-refractivity contribution in [2.24, 2.45) is 0 Å². The Morgan fingerprint density at radius 2 is 1.97 bits per heavy atom. The van der Waals surface area contributed by atoms with E-state index in [0.717, 1.165) is 5.56 Å². The molecule has 7 nitrogen and oxygen atoms in total. The fraction of sp³-hybridized carbons (Fsp3) is 0.348. The van der Waals surface area contributed by atoms with Gasteiger partial charge in [-0.3, -0.25) is 0 Å². The van der Waals surface area contributed by atoms with Gasteiger partial charge in [0.2, 0.25) is 0 Å². The van der Waals surface area contributed by atoms with Crippen LogP contribution in [-0.2, 0) is 20.9 Å². The minimum absolute atomic E-state index is 0.0936. The third-order valence-electron chi connectivity index (χ3n) is 4.89. The summed E-state index contributed by atoms with van der Waals surface area (Å²) in [6, 6.07) is 15.4. The highest BCUT2D eigenvalue weighted by atomic mass is 79.9. The number of amides is 1. The molecule has 1 heterocycles. The number of esters is 1. The zero-order valence-corrected chi connectivity index (χ0v) is 19.0. The predicted molar refractivity (Wildman–Crippen MR) is 117 cm³/mol. The standard InChI is InChI=1S/C23H23BrN2O5/c1-14(26-22(28)29-13-15-7-5-4-6-8-15)21(27)30-19-17-11-16(12-25)9-10-18(17)31-23(2,3)20(19)24/h4-11,14,19-20H,13H2,1-3H3,(H,26,28)/t14?,19-,20+/m0/s1. The molecule has 0 bridgehead atoms. The number of ether oxygens (including phenoxy) is 3. The van der Waals surface area contributed by atoms with Gasteiger partial charge >= 0.3 is 12.1 Å². The molecule has 0 aliphatic carbocycles. The van der Waals surface area contributed by atoms with Gasteiger partial charge < -0.3 is 19.5 Å². The van der Waals surface area contributed by atoms with Crippen LogP contribution in [0, 0.1) is 11.3 Å². The molecular formula is C23H23BrN2O5. The zero-order chi connectivity index (χ0) is 22.6. The van der Waals surface area contributed by atoms with E-state index in [0.29, 0.717) is 16.9 Å². The van der Waals surface area contributed by atoms with Gasteiger partial charge in [0.05, 0.1) is 16.5 Å². The lowest BCUT2D eigenvalue weighted by Gasteiger charge is -2.41. The van der Waals surface area contributed by atoms with Crippen LogP contribution < -0.4 is 10.1 Å². The molecule has 1 unspecified atom stereocenters. The molecule has 0 aromatic heterocycles. The Balaban J connectivity index is 1.67. The highest BCUT2D eigenvalue weighted by Crippen LogP contribution is 2.45. The topological polar surface area (TPSA) is 97.6 Å². The third-order valence-corrected chi connectivity index (χ3v) is 6.47. The second-order valence-corrected chi connectivity index (χ2v) is 8.74. The van der Waals surface area contributed by atoms with Crippen LogP contribution in [0.2, 0.25) is 0 Å². The molecule has 0 radical (unpaired) electrons. The number of hydrogen-bond acceptors (Lipinski definition) is 6. The normalized spacial score (nSPS) is 19.7. The second kappa shape index (κ2) is 9.40. The number of rotatable bonds is 5. The summed E-state index contributed by atoms with van der Waals surface area (Å²) in [6.45, 7) is 5.36. The van der Waals surface area contributed by atoms with Crippen molar-refractivity contribution in [3.8, 4) is 11.8 Å². The molecule has 8 heteroatoms. The number of alkyl carbamates (subject to hydrolysis) is 1. The van der Waals surface area contributed by atoms with E-state index < -0.39 is 29.8 Å². The van der Waals surface area contributed by atoms with Gasteiger partial charge in [-0.25, -0.2) is 9.59 Å². The van der Waals surface area contributed by atoms with Crippen molar-refractivity contribution in [3.63, 3.8) is 0 Å². The van der Waals surface area contributed by atoms with Gasteiger partial charge in [0.25, 0.3) is 0 Å². The largest absolute Gasteiger partial charge is 0.486 e. The molecule has 1 aliphatic rings. The molecule has 31 heavy (non-hydrogen) atoms. The van der Waals surface area contributed by atoms with Crippen molar-refractivity contribution < 1.29 is 23.8 Å². The first-order valence-electron chi connectivity index (χ1n) is 9.76. The maximum absolute atomic E-state index is 12.7. The lowest BCUT2D eigenvalue weighted by atomic mass is 9.90. The number of benzene rings is 2. The van der Waals surface area contributed by atoms with Gasteiger partial charge in [0, 0.05) is 5.56 Å². The Labute approximate surface area is 189 Å². The molecule has 1 amide bonds. The van der Waals surface area contributed by atoms with Gasteiger partial charge in [0.15, 0.2) is 0 Å². The maximum Gasteiger partial charge on any atom is 0.408 e. The number of carbonyl (C=O) groups excluding carboxylic acids is 2. The Hall–Kier alpha value is -3.05. The van der Waals surface area contributed by atoms with E-state index in [1.807, 2.05) is 44.2 Å². The molecular weight excluding hydrogens is 464 g/mol. The highest BCUT2D eigenvalue weighted by Gasteiger charge is 2.45. The molecule has 1 aliphatic heterocycles. The third kappa shape index (κ3) is 5.36. The van der Waals surface area contributed by atoms with Crippen LogP contribution in [-0.4, -0.2) is 28.5 Å². The zero-order valence-electron chi connectivity index (χ0n) is 17.4. The summed E-state index contributed by atoms with van der Waals surface area (Å²) in [5.41, 5.74) is 1.19. The van der Waals surface area contributed by atoms with Crippen LogP contribution in [0.15, 0.2) is 48.5 Å². The Bertz CT molecular complexity index is 1000. The molecule has 0 saturated heterocycles.